The molecular formula is C17H11N2O3S2-. The molecule has 0 aliphatic carbocycles. The lowest BCUT2D eigenvalue weighted by atomic mass is 10.2. The summed E-state index contributed by atoms with van der Waals surface area (Å²) < 4.78 is 2.08. The summed E-state index contributed by atoms with van der Waals surface area (Å²) in [6, 6.07) is 15.3. The molecule has 1 aromatic heterocycles. The van der Waals surface area contributed by atoms with Crippen molar-refractivity contribution in [3.05, 3.63) is 69.0 Å². The lowest BCUT2D eigenvalue weighted by Gasteiger charge is -2.03. The predicted octanol–water partition coefficient (Wildman–Crippen LogP) is 3.09. The molecule has 0 unspecified atom stereocenters. The molecule has 0 saturated heterocycles. The van der Waals surface area contributed by atoms with Crippen LogP contribution in [-0.4, -0.2) is 21.9 Å². The maximum absolute atomic E-state index is 10.7. The van der Waals surface area contributed by atoms with Gasteiger partial charge in [0.2, 0.25) is 5.88 Å². The highest BCUT2D eigenvalue weighted by molar-refractivity contribution is 7.73. The molecular weight excluding hydrogens is 344 g/mol. The van der Waals surface area contributed by atoms with Gasteiger partial charge in [0, 0.05) is 0 Å². The van der Waals surface area contributed by atoms with E-state index in [2.05, 4.69) is 4.99 Å². The fraction of sp³-hybridized carbons (Fsp3) is 0. The number of benzene rings is 2. The van der Waals surface area contributed by atoms with Crippen molar-refractivity contribution < 1.29 is 15.0 Å². The van der Waals surface area contributed by atoms with Crippen molar-refractivity contribution in [3.63, 3.8) is 0 Å². The van der Waals surface area contributed by atoms with Crippen LogP contribution in [0.5, 0.6) is 5.88 Å². The number of rotatable bonds is 4. The number of carboxylic acids is 1. The second-order valence-corrected chi connectivity index (χ2v) is 6.50. The Bertz CT molecular complexity index is 958. The molecule has 0 amide bonds. The average Bonchev–Trinajstić information content (AvgIpc) is 2.88. The zero-order valence-electron chi connectivity index (χ0n) is 12.2. The highest BCUT2D eigenvalue weighted by atomic mass is 32.1. The molecule has 0 saturated carbocycles. The van der Waals surface area contributed by atoms with E-state index in [1.54, 1.807) is 16.7 Å². The summed E-state index contributed by atoms with van der Waals surface area (Å²) in [5.74, 6) is -1.22. The Kier molecular flexibility index (Phi) is 4.54. The molecule has 3 aromatic rings. The molecule has 1 heterocycles. The molecule has 7 heteroatoms. The standard InChI is InChI=1S/C17H12N2O3S2/c20-15-14(10-18-12-8-6-11(7-9-12)16(21)22)24-17(23)19(15)13-4-2-1-3-5-13/h1-10,20H,(H,21,22)/p-1. The van der Waals surface area contributed by atoms with Gasteiger partial charge in [-0.3, -0.25) is 9.56 Å². The van der Waals surface area contributed by atoms with Crippen molar-refractivity contribution in [2.75, 3.05) is 0 Å². The number of hydrogen-bond donors (Lipinski definition) is 1. The number of aromatic hydroxyl groups is 1. The molecule has 120 valence electrons. The van der Waals surface area contributed by atoms with Crippen molar-refractivity contribution in [2.24, 2.45) is 4.99 Å². The minimum Gasteiger partial charge on any atom is -0.545 e. The van der Waals surface area contributed by atoms with Gasteiger partial charge in [0.25, 0.3) is 0 Å². The van der Waals surface area contributed by atoms with E-state index in [1.807, 2.05) is 30.3 Å². The Hall–Kier alpha value is -2.77. The smallest absolute Gasteiger partial charge is 0.216 e. The quantitative estimate of drug-likeness (QED) is 0.576. The van der Waals surface area contributed by atoms with Gasteiger partial charge in [0.05, 0.1) is 23.6 Å². The maximum atomic E-state index is 10.7. The molecule has 0 aliphatic heterocycles. The van der Waals surface area contributed by atoms with Gasteiger partial charge >= 0.3 is 0 Å². The van der Waals surface area contributed by atoms with Gasteiger partial charge in [-0.25, -0.2) is 0 Å². The molecule has 2 aromatic carbocycles. The van der Waals surface area contributed by atoms with Crippen molar-refractivity contribution in [3.8, 4) is 11.6 Å². The first-order chi connectivity index (χ1) is 11.6. The summed E-state index contributed by atoms with van der Waals surface area (Å²) in [5, 5.41) is 21.1. The minimum absolute atomic E-state index is 0.0197. The van der Waals surface area contributed by atoms with Crippen LogP contribution in [0.2, 0.25) is 0 Å². The number of nitrogens with zero attached hydrogens (tertiary/aromatic N) is 2. The van der Waals surface area contributed by atoms with Crippen molar-refractivity contribution in [1.82, 2.24) is 4.57 Å². The summed E-state index contributed by atoms with van der Waals surface area (Å²) in [7, 11) is 0. The summed E-state index contributed by atoms with van der Waals surface area (Å²) in [6.45, 7) is 0. The number of carboxylic acid groups (broad SMARTS) is 1. The lowest BCUT2D eigenvalue weighted by molar-refractivity contribution is -0.255. The Labute approximate surface area is 146 Å². The van der Waals surface area contributed by atoms with E-state index in [0.717, 1.165) is 5.69 Å². The fourth-order valence-corrected chi connectivity index (χ4v) is 3.31. The molecule has 0 atom stereocenters. The summed E-state index contributed by atoms with van der Waals surface area (Å²) >= 11 is 6.54. The highest BCUT2D eigenvalue weighted by Crippen LogP contribution is 2.28. The van der Waals surface area contributed by atoms with Gasteiger partial charge in [-0.2, -0.15) is 0 Å². The molecule has 0 aliphatic rings. The topological polar surface area (TPSA) is 77.6 Å². The van der Waals surface area contributed by atoms with Crippen LogP contribution in [0.15, 0.2) is 59.6 Å². The molecule has 3 rings (SSSR count). The number of carbonyl (C=O) groups excluding carboxylic acids is 1. The van der Waals surface area contributed by atoms with Crippen LogP contribution in [0.4, 0.5) is 5.69 Å². The van der Waals surface area contributed by atoms with Crippen LogP contribution >= 0.6 is 23.6 Å². The first-order valence-corrected chi connectivity index (χ1v) is 8.14. The van der Waals surface area contributed by atoms with E-state index >= 15 is 0 Å². The monoisotopic (exact) mass is 355 g/mol. The molecule has 24 heavy (non-hydrogen) atoms. The number of hydrogen-bond acceptors (Lipinski definition) is 6. The van der Waals surface area contributed by atoms with E-state index in [0.29, 0.717) is 14.5 Å². The third-order valence-electron chi connectivity index (χ3n) is 3.26. The second kappa shape index (κ2) is 6.77. The Balaban J connectivity index is 1.91. The number of thiazole rings is 1. The number of carbonyl (C=O) groups is 1. The number of aromatic carboxylic acids is 1. The largest absolute Gasteiger partial charge is 0.545 e. The fourth-order valence-electron chi connectivity index (χ4n) is 2.09. The Morgan fingerprint density at radius 1 is 1.17 bits per heavy atom. The van der Waals surface area contributed by atoms with Crippen LogP contribution in [0, 0.1) is 3.95 Å². The van der Waals surface area contributed by atoms with E-state index in [1.165, 1.54) is 29.7 Å². The van der Waals surface area contributed by atoms with Crippen molar-refractivity contribution in [1.29, 1.82) is 0 Å². The average molecular weight is 355 g/mol. The highest BCUT2D eigenvalue weighted by Gasteiger charge is 2.11. The maximum Gasteiger partial charge on any atom is 0.216 e. The van der Waals surface area contributed by atoms with Crippen LogP contribution in [0.25, 0.3) is 5.69 Å². The Morgan fingerprint density at radius 3 is 2.46 bits per heavy atom. The van der Waals surface area contributed by atoms with Crippen LogP contribution in [0.3, 0.4) is 0 Å². The molecule has 0 fully saturated rings. The number of aliphatic imine (C=N–C) groups is 1. The van der Waals surface area contributed by atoms with Gasteiger partial charge in [-0.15, -0.1) is 0 Å². The summed E-state index contributed by atoms with van der Waals surface area (Å²) in [4.78, 5) is 15.5. The summed E-state index contributed by atoms with van der Waals surface area (Å²) in [6.07, 6.45) is 1.50. The van der Waals surface area contributed by atoms with E-state index in [4.69, 9.17) is 12.2 Å². The second-order valence-electron chi connectivity index (χ2n) is 4.82. The third kappa shape index (κ3) is 3.27. The van der Waals surface area contributed by atoms with Gasteiger partial charge in [-0.1, -0.05) is 41.7 Å². The molecule has 0 spiro atoms. The van der Waals surface area contributed by atoms with Crippen LogP contribution in [-0.2, 0) is 0 Å². The Morgan fingerprint density at radius 2 is 1.83 bits per heavy atom. The lowest BCUT2D eigenvalue weighted by Crippen LogP contribution is -2.21. The zero-order valence-corrected chi connectivity index (χ0v) is 13.9. The van der Waals surface area contributed by atoms with Crippen molar-refractivity contribution >= 4 is 41.4 Å². The van der Waals surface area contributed by atoms with Crippen LogP contribution < -0.4 is 5.11 Å². The van der Waals surface area contributed by atoms with Gasteiger partial charge in [-0.05, 0) is 42.0 Å². The molecule has 5 nitrogen and oxygen atoms in total. The number of para-hydroxylation sites is 1. The van der Waals surface area contributed by atoms with Crippen molar-refractivity contribution in [2.45, 2.75) is 0 Å². The predicted molar refractivity (Wildman–Crippen MR) is 94.2 cm³/mol. The number of aromatic nitrogens is 1. The van der Waals surface area contributed by atoms with E-state index in [9.17, 15) is 15.0 Å². The van der Waals surface area contributed by atoms with Crippen LogP contribution in [0.1, 0.15) is 15.2 Å². The normalized spacial score (nSPS) is 11.0. The molecule has 0 bridgehead atoms. The first kappa shape index (κ1) is 16.1. The first-order valence-electron chi connectivity index (χ1n) is 6.92. The van der Waals surface area contributed by atoms with E-state index in [-0.39, 0.29) is 11.4 Å². The van der Waals surface area contributed by atoms with Gasteiger partial charge in [0.1, 0.15) is 4.88 Å². The summed E-state index contributed by atoms with van der Waals surface area (Å²) in [5.41, 5.74) is 1.42. The molecule has 1 N–H and O–H groups in total. The van der Waals surface area contributed by atoms with Gasteiger partial charge < -0.3 is 15.0 Å². The van der Waals surface area contributed by atoms with Gasteiger partial charge in [0.15, 0.2) is 3.95 Å². The van der Waals surface area contributed by atoms with E-state index < -0.39 is 5.97 Å². The molecule has 0 radical (unpaired) electrons. The minimum atomic E-state index is -1.24. The zero-order chi connectivity index (χ0) is 17.1. The SMILES string of the molecule is O=C([O-])c1ccc(N=Cc2sc(=S)n(-c3ccccc3)c2O)cc1. The third-order valence-corrected chi connectivity index (χ3v) is 4.56.